The van der Waals surface area contributed by atoms with Gasteiger partial charge in [0.1, 0.15) is 12.7 Å². The lowest BCUT2D eigenvalue weighted by molar-refractivity contribution is -0.197. The predicted octanol–water partition coefficient (Wildman–Crippen LogP) is 2.42. The Kier molecular flexibility index (Phi) is 7.02. The van der Waals surface area contributed by atoms with Crippen molar-refractivity contribution in [2.45, 2.75) is 50.8 Å². The van der Waals surface area contributed by atoms with E-state index < -0.39 is 35.8 Å². The Hall–Kier alpha value is -1.63. The van der Waals surface area contributed by atoms with E-state index in [-0.39, 0.29) is 6.61 Å². The third-order valence-electron chi connectivity index (χ3n) is 3.52. The fraction of sp³-hybridized carbons (Fsp3) is 0.529. The number of esters is 2. The summed E-state index contributed by atoms with van der Waals surface area (Å²) in [4.78, 5) is 22.3. The van der Waals surface area contributed by atoms with Crippen LogP contribution >= 0.6 is 11.6 Å². The molecule has 4 atom stereocenters. The van der Waals surface area contributed by atoms with Crippen LogP contribution in [0.4, 0.5) is 0 Å². The average molecular weight is 357 g/mol. The van der Waals surface area contributed by atoms with Gasteiger partial charge in [0.25, 0.3) is 0 Å². The first-order valence-corrected chi connectivity index (χ1v) is 8.15. The van der Waals surface area contributed by atoms with E-state index in [2.05, 4.69) is 0 Å². The van der Waals surface area contributed by atoms with Crippen LogP contribution in [0.1, 0.15) is 25.8 Å². The van der Waals surface area contributed by atoms with Crippen LogP contribution < -0.4 is 0 Å². The fourth-order valence-corrected chi connectivity index (χ4v) is 2.82. The fourth-order valence-electron chi connectivity index (χ4n) is 2.46. The first kappa shape index (κ1) is 18.7. The molecule has 7 heteroatoms. The largest absolute Gasteiger partial charge is 0.463 e. The molecule has 2 rings (SSSR count). The number of carbonyl (C=O) groups excluding carboxylic acids is 2. The maximum absolute atomic E-state index is 11.3. The van der Waals surface area contributed by atoms with E-state index >= 15 is 0 Å². The minimum atomic E-state index is -0.871. The molecule has 24 heavy (non-hydrogen) atoms. The Labute approximate surface area is 146 Å². The van der Waals surface area contributed by atoms with E-state index in [1.807, 2.05) is 30.3 Å². The second-order valence-corrected chi connectivity index (χ2v) is 5.99. The van der Waals surface area contributed by atoms with Gasteiger partial charge >= 0.3 is 11.9 Å². The number of carbonyl (C=O) groups is 2. The summed E-state index contributed by atoms with van der Waals surface area (Å²) in [6, 6.07) is 9.63. The molecule has 0 spiro atoms. The number of hydrogen-bond donors (Lipinski definition) is 0. The summed E-state index contributed by atoms with van der Waals surface area (Å²) >= 11 is 6.19. The molecular weight excluding hydrogens is 336 g/mol. The second-order valence-electron chi connectivity index (χ2n) is 5.56. The summed E-state index contributed by atoms with van der Waals surface area (Å²) in [7, 11) is 0. The van der Waals surface area contributed by atoms with Gasteiger partial charge in [-0.3, -0.25) is 9.59 Å². The second kappa shape index (κ2) is 9.01. The molecule has 0 saturated carbocycles. The maximum Gasteiger partial charge on any atom is 0.303 e. The lowest BCUT2D eigenvalue weighted by Gasteiger charge is -2.38. The summed E-state index contributed by atoms with van der Waals surface area (Å²) in [5, 5.41) is 0. The van der Waals surface area contributed by atoms with Crippen molar-refractivity contribution >= 4 is 23.5 Å². The van der Waals surface area contributed by atoms with Crippen molar-refractivity contribution < 1.29 is 28.5 Å². The number of alkyl halides is 1. The number of benzene rings is 1. The molecule has 1 aliphatic rings. The van der Waals surface area contributed by atoms with Crippen LogP contribution in [0, 0.1) is 0 Å². The SMILES string of the molecule is CC(=O)OC[C@@H]1C[C@H](OCc2ccccc2)[C@@H](OC(C)=O)[C@@H](Cl)O1. The Morgan fingerprint density at radius 2 is 1.92 bits per heavy atom. The van der Waals surface area contributed by atoms with Gasteiger partial charge in [0, 0.05) is 20.3 Å². The predicted molar refractivity (Wildman–Crippen MR) is 86.3 cm³/mol. The highest BCUT2D eigenvalue weighted by Crippen LogP contribution is 2.28. The molecule has 6 nitrogen and oxygen atoms in total. The van der Waals surface area contributed by atoms with Gasteiger partial charge in [-0.25, -0.2) is 0 Å². The van der Waals surface area contributed by atoms with E-state index in [0.29, 0.717) is 13.0 Å². The van der Waals surface area contributed by atoms with Crippen molar-refractivity contribution in [3.63, 3.8) is 0 Å². The molecule has 0 unspecified atom stereocenters. The van der Waals surface area contributed by atoms with Crippen LogP contribution in [-0.2, 0) is 35.1 Å². The Morgan fingerprint density at radius 3 is 2.54 bits per heavy atom. The first-order valence-electron chi connectivity index (χ1n) is 7.71. The molecule has 0 radical (unpaired) electrons. The molecule has 0 amide bonds. The van der Waals surface area contributed by atoms with Crippen molar-refractivity contribution in [1.82, 2.24) is 0 Å². The topological polar surface area (TPSA) is 71.1 Å². The van der Waals surface area contributed by atoms with Crippen molar-refractivity contribution in [3.05, 3.63) is 35.9 Å². The van der Waals surface area contributed by atoms with E-state index in [1.165, 1.54) is 13.8 Å². The van der Waals surface area contributed by atoms with Crippen LogP contribution in [0.5, 0.6) is 0 Å². The van der Waals surface area contributed by atoms with Crippen LogP contribution in [0.3, 0.4) is 0 Å². The van der Waals surface area contributed by atoms with Crippen molar-refractivity contribution in [3.8, 4) is 0 Å². The molecule has 1 aromatic rings. The average Bonchev–Trinajstić information content (AvgIpc) is 2.54. The highest BCUT2D eigenvalue weighted by atomic mass is 35.5. The molecular formula is C17H21ClO6. The first-order chi connectivity index (χ1) is 11.5. The Morgan fingerprint density at radius 1 is 1.21 bits per heavy atom. The zero-order chi connectivity index (χ0) is 17.5. The van der Waals surface area contributed by atoms with Crippen molar-refractivity contribution in [2.24, 2.45) is 0 Å². The highest BCUT2D eigenvalue weighted by molar-refractivity contribution is 6.20. The smallest absolute Gasteiger partial charge is 0.303 e. The van der Waals surface area contributed by atoms with E-state index in [4.69, 9.17) is 30.5 Å². The van der Waals surface area contributed by atoms with Gasteiger partial charge in [-0.2, -0.15) is 0 Å². The third-order valence-corrected chi connectivity index (χ3v) is 3.88. The van der Waals surface area contributed by atoms with Crippen LogP contribution in [0.25, 0.3) is 0 Å². The molecule has 0 N–H and O–H groups in total. The van der Waals surface area contributed by atoms with Gasteiger partial charge in [-0.1, -0.05) is 41.9 Å². The molecule has 132 valence electrons. The monoisotopic (exact) mass is 356 g/mol. The highest BCUT2D eigenvalue weighted by Gasteiger charge is 2.41. The number of hydrogen-bond acceptors (Lipinski definition) is 6. The van der Waals surface area contributed by atoms with Crippen LogP contribution in [0.2, 0.25) is 0 Å². The summed E-state index contributed by atoms with van der Waals surface area (Å²) in [6.45, 7) is 3.07. The van der Waals surface area contributed by atoms with Crippen LogP contribution in [0.15, 0.2) is 30.3 Å². The quantitative estimate of drug-likeness (QED) is 0.576. The maximum atomic E-state index is 11.3. The van der Waals surface area contributed by atoms with Gasteiger partial charge in [0.05, 0.1) is 12.7 Å². The summed E-state index contributed by atoms with van der Waals surface area (Å²) in [5.41, 5.74) is 0.122. The van der Waals surface area contributed by atoms with Gasteiger partial charge < -0.3 is 18.9 Å². The summed E-state index contributed by atoms with van der Waals surface area (Å²) < 4.78 is 21.7. The van der Waals surface area contributed by atoms with Crippen LogP contribution in [-0.4, -0.2) is 42.4 Å². The molecule has 1 aliphatic heterocycles. The molecule has 1 fully saturated rings. The van der Waals surface area contributed by atoms with Gasteiger partial charge in [-0.15, -0.1) is 0 Å². The summed E-state index contributed by atoms with van der Waals surface area (Å²) in [6.07, 6.45) is -1.18. The number of ether oxygens (including phenoxy) is 4. The molecule has 1 aromatic carbocycles. The molecule has 0 aliphatic carbocycles. The normalized spacial score (nSPS) is 26.6. The minimum Gasteiger partial charge on any atom is -0.463 e. The summed E-state index contributed by atoms with van der Waals surface area (Å²) in [5.74, 6) is -0.852. The van der Waals surface area contributed by atoms with Gasteiger partial charge in [-0.05, 0) is 5.56 Å². The standard InChI is InChI=1S/C17H21ClO6/c1-11(19)21-10-14-8-15(16(17(18)24-14)23-12(2)20)22-9-13-6-4-3-5-7-13/h3-7,14-17H,8-10H2,1-2H3/t14-,15-,16+,17-/m0/s1. The lowest BCUT2D eigenvalue weighted by atomic mass is 10.0. The number of rotatable bonds is 6. The molecule has 0 bridgehead atoms. The zero-order valence-electron chi connectivity index (χ0n) is 13.6. The van der Waals surface area contributed by atoms with Crippen molar-refractivity contribution in [1.29, 1.82) is 0 Å². The van der Waals surface area contributed by atoms with E-state index in [0.717, 1.165) is 5.56 Å². The number of halogens is 1. The Balaban J connectivity index is 2.01. The minimum absolute atomic E-state index is 0.0799. The van der Waals surface area contributed by atoms with Gasteiger partial charge in [0.15, 0.2) is 11.7 Å². The van der Waals surface area contributed by atoms with E-state index in [9.17, 15) is 9.59 Å². The third kappa shape index (κ3) is 5.78. The van der Waals surface area contributed by atoms with Crippen molar-refractivity contribution in [2.75, 3.05) is 6.61 Å². The van der Waals surface area contributed by atoms with Gasteiger partial charge in [0.2, 0.25) is 0 Å². The molecule has 1 saturated heterocycles. The lowest BCUT2D eigenvalue weighted by Crippen LogP contribution is -2.50. The molecule has 0 aromatic heterocycles. The van der Waals surface area contributed by atoms with E-state index in [1.54, 1.807) is 0 Å². The molecule has 1 heterocycles. The zero-order valence-corrected chi connectivity index (χ0v) is 14.4. The Bertz CT molecular complexity index is 549.